The quantitative estimate of drug-likeness (QED) is 0.210. The van der Waals surface area contributed by atoms with Gasteiger partial charge in [0.25, 0.3) is 0 Å². The number of aliphatic imine (C=N–C) groups is 2. The predicted molar refractivity (Wildman–Crippen MR) is 148 cm³/mol. The highest BCUT2D eigenvalue weighted by Gasteiger charge is 2.28. The summed E-state index contributed by atoms with van der Waals surface area (Å²) in [4.78, 5) is 17.5. The Bertz CT molecular complexity index is 1360. The number of amidine groups is 1. The molecule has 2 aromatic heterocycles. The van der Waals surface area contributed by atoms with E-state index in [2.05, 4.69) is 40.2 Å². The largest absolute Gasteiger partial charge is 0.496 e. The highest BCUT2D eigenvalue weighted by atomic mass is 16.6. The molecule has 0 amide bonds. The van der Waals surface area contributed by atoms with Gasteiger partial charge < -0.3 is 19.9 Å². The zero-order valence-corrected chi connectivity index (χ0v) is 22.0. The van der Waals surface area contributed by atoms with E-state index in [0.717, 1.165) is 51.4 Å². The number of H-pyrrole nitrogens is 1. The summed E-state index contributed by atoms with van der Waals surface area (Å²) < 4.78 is 7.81. The van der Waals surface area contributed by atoms with E-state index in [9.17, 15) is 0 Å². The van der Waals surface area contributed by atoms with E-state index in [1.54, 1.807) is 7.11 Å². The number of methoxy groups -OCH3 is 1. The van der Waals surface area contributed by atoms with Crippen molar-refractivity contribution in [2.45, 2.75) is 53.0 Å². The maximum absolute atomic E-state index is 5.82. The number of fused-ring (bicyclic) bond motifs is 1. The summed E-state index contributed by atoms with van der Waals surface area (Å²) in [5.74, 6) is 3.54. The molecule has 3 aromatic rings. The Kier molecular flexibility index (Phi) is 7.57. The standard InChI is InChI=1S/C27H35N7O2/c1-8-18(16(4)33-36-7)19-13-22-20(14-23(19)35-6)25(26(28-5)30-22)27(29-9-2)31-24-15-21(17-11-12-17)32-34(24)10-3/h8,13-15,17,30H,5,9-12H2,1-4,6-7H3,(H,29,31)/b18-8-,33-16-. The van der Waals surface area contributed by atoms with Gasteiger partial charge in [0.05, 0.1) is 24.1 Å². The van der Waals surface area contributed by atoms with E-state index in [1.807, 2.05) is 43.7 Å². The van der Waals surface area contributed by atoms with Crippen LogP contribution in [0.5, 0.6) is 5.75 Å². The summed E-state index contributed by atoms with van der Waals surface area (Å²) in [6, 6.07) is 6.19. The molecule has 4 rings (SSSR count). The number of aromatic amines is 1. The second-order valence-electron chi connectivity index (χ2n) is 8.66. The highest BCUT2D eigenvalue weighted by molar-refractivity contribution is 6.24. The third kappa shape index (κ3) is 4.78. The first-order valence-corrected chi connectivity index (χ1v) is 12.3. The van der Waals surface area contributed by atoms with Crippen LogP contribution < -0.4 is 10.1 Å². The summed E-state index contributed by atoms with van der Waals surface area (Å²) >= 11 is 0. The van der Waals surface area contributed by atoms with E-state index in [0.29, 0.717) is 29.9 Å². The molecule has 0 aliphatic heterocycles. The van der Waals surface area contributed by atoms with E-state index in [4.69, 9.17) is 19.7 Å². The Labute approximate surface area is 212 Å². The zero-order valence-electron chi connectivity index (χ0n) is 22.0. The molecule has 2 N–H and O–H groups in total. The molecule has 1 aliphatic carbocycles. The van der Waals surface area contributed by atoms with Crippen molar-refractivity contribution in [1.82, 2.24) is 14.8 Å². The van der Waals surface area contributed by atoms with Crippen LogP contribution in [0.4, 0.5) is 11.6 Å². The van der Waals surface area contributed by atoms with Gasteiger partial charge in [-0.25, -0.2) is 9.67 Å². The van der Waals surface area contributed by atoms with Gasteiger partial charge in [-0.3, -0.25) is 4.99 Å². The number of nitrogens with zero attached hydrogens (tertiary/aromatic N) is 5. The maximum atomic E-state index is 5.82. The molecule has 0 bridgehead atoms. The van der Waals surface area contributed by atoms with E-state index in [-0.39, 0.29) is 0 Å². The number of hydrogen-bond acceptors (Lipinski definition) is 6. The van der Waals surface area contributed by atoms with Crippen molar-refractivity contribution in [3.63, 3.8) is 0 Å². The summed E-state index contributed by atoms with van der Waals surface area (Å²) in [6.45, 7) is 13.2. The molecule has 190 valence electrons. The van der Waals surface area contributed by atoms with Crippen molar-refractivity contribution in [3.8, 4) is 5.75 Å². The first kappa shape index (κ1) is 25.2. The van der Waals surface area contributed by atoms with Gasteiger partial charge in [0, 0.05) is 47.1 Å². The molecule has 9 heteroatoms. The van der Waals surface area contributed by atoms with Gasteiger partial charge in [-0.2, -0.15) is 5.10 Å². The van der Waals surface area contributed by atoms with Gasteiger partial charge in [0.2, 0.25) is 0 Å². The molecule has 0 atom stereocenters. The molecule has 0 spiro atoms. The Hall–Kier alpha value is -3.88. The van der Waals surface area contributed by atoms with Crippen LogP contribution in [-0.2, 0) is 11.4 Å². The number of aromatic nitrogens is 3. The topological polar surface area (TPSA) is 101 Å². The third-order valence-electron chi connectivity index (χ3n) is 6.35. The van der Waals surface area contributed by atoms with Crippen molar-refractivity contribution in [2.75, 3.05) is 26.1 Å². The second-order valence-corrected chi connectivity index (χ2v) is 8.66. The molecule has 1 saturated carbocycles. The van der Waals surface area contributed by atoms with Gasteiger partial charge in [-0.05, 0) is 59.4 Å². The van der Waals surface area contributed by atoms with Crippen LogP contribution in [0.1, 0.15) is 63.3 Å². The lowest BCUT2D eigenvalue weighted by Gasteiger charge is -2.14. The molecule has 9 nitrogen and oxygen atoms in total. The van der Waals surface area contributed by atoms with Gasteiger partial charge in [-0.1, -0.05) is 11.2 Å². The minimum Gasteiger partial charge on any atom is -0.496 e. The number of allylic oxidation sites excluding steroid dienone is 2. The van der Waals surface area contributed by atoms with Gasteiger partial charge >= 0.3 is 0 Å². The molecule has 2 heterocycles. The number of hydrogen-bond donors (Lipinski definition) is 2. The summed E-state index contributed by atoms with van der Waals surface area (Å²) in [5, 5.41) is 13.4. The fourth-order valence-electron chi connectivity index (χ4n) is 4.51. The lowest BCUT2D eigenvalue weighted by molar-refractivity contribution is 0.214. The van der Waals surface area contributed by atoms with E-state index >= 15 is 0 Å². The van der Waals surface area contributed by atoms with Crippen molar-refractivity contribution in [3.05, 3.63) is 41.1 Å². The summed E-state index contributed by atoms with van der Waals surface area (Å²) in [5.41, 5.74) is 5.43. The average Bonchev–Trinajstić information content (AvgIpc) is 3.55. The van der Waals surface area contributed by atoms with Gasteiger partial charge in [0.1, 0.15) is 30.3 Å². The molecule has 36 heavy (non-hydrogen) atoms. The van der Waals surface area contributed by atoms with E-state index < -0.39 is 0 Å². The molecular formula is C27H35N7O2. The number of nitrogens with one attached hydrogen (secondary N) is 2. The number of aryl methyl sites for hydroxylation is 1. The van der Waals surface area contributed by atoms with Crippen molar-refractivity contribution < 1.29 is 9.57 Å². The smallest absolute Gasteiger partial charge is 0.141 e. The molecule has 1 fully saturated rings. The van der Waals surface area contributed by atoms with Gasteiger partial charge in [0.15, 0.2) is 0 Å². The van der Waals surface area contributed by atoms with Crippen LogP contribution >= 0.6 is 0 Å². The van der Waals surface area contributed by atoms with Crippen LogP contribution in [0, 0.1) is 0 Å². The van der Waals surface area contributed by atoms with Crippen LogP contribution in [0.2, 0.25) is 0 Å². The Morgan fingerprint density at radius 3 is 2.64 bits per heavy atom. The molecule has 0 radical (unpaired) electrons. The second kappa shape index (κ2) is 10.8. The first-order valence-electron chi connectivity index (χ1n) is 12.3. The molecular weight excluding hydrogens is 454 g/mol. The minimum absolute atomic E-state index is 0.567. The molecule has 0 saturated heterocycles. The Morgan fingerprint density at radius 1 is 1.28 bits per heavy atom. The maximum Gasteiger partial charge on any atom is 0.141 e. The fraction of sp³-hybridized carbons (Fsp3) is 0.407. The number of benzene rings is 1. The van der Waals surface area contributed by atoms with E-state index in [1.165, 1.54) is 20.0 Å². The lowest BCUT2D eigenvalue weighted by Crippen LogP contribution is -2.17. The number of anilines is 1. The molecule has 1 aliphatic rings. The fourth-order valence-corrected chi connectivity index (χ4v) is 4.51. The average molecular weight is 490 g/mol. The van der Waals surface area contributed by atoms with Crippen molar-refractivity contribution >= 4 is 46.4 Å². The number of rotatable bonds is 10. The zero-order chi connectivity index (χ0) is 25.8. The Morgan fingerprint density at radius 2 is 2.06 bits per heavy atom. The lowest BCUT2D eigenvalue weighted by atomic mass is 9.98. The highest BCUT2D eigenvalue weighted by Crippen LogP contribution is 2.41. The minimum atomic E-state index is 0.567. The summed E-state index contributed by atoms with van der Waals surface area (Å²) in [7, 11) is 3.20. The number of ether oxygens (including phenoxy) is 1. The number of oxime groups is 1. The summed E-state index contributed by atoms with van der Waals surface area (Å²) in [6.07, 6.45) is 4.40. The normalized spacial score (nSPS) is 14.9. The van der Waals surface area contributed by atoms with Crippen LogP contribution in [0.25, 0.3) is 16.5 Å². The monoisotopic (exact) mass is 489 g/mol. The van der Waals surface area contributed by atoms with Crippen molar-refractivity contribution in [2.24, 2.45) is 15.1 Å². The van der Waals surface area contributed by atoms with Crippen molar-refractivity contribution in [1.29, 1.82) is 0 Å². The van der Waals surface area contributed by atoms with Gasteiger partial charge in [-0.15, -0.1) is 0 Å². The Balaban J connectivity index is 1.85. The molecule has 0 unspecified atom stereocenters. The first-order chi connectivity index (χ1) is 17.5. The van der Waals surface area contributed by atoms with Crippen LogP contribution in [0.3, 0.4) is 0 Å². The SMILES string of the molecule is C=Nc1[nH]c2cc(C(=C\C)/C(C)=N\OC)c(OC)cc2c1C(=NCC)Nc1cc(C2CC2)nn1CC. The molecule has 1 aromatic carbocycles. The van der Waals surface area contributed by atoms with Crippen LogP contribution in [-0.4, -0.2) is 53.8 Å². The third-order valence-corrected chi connectivity index (χ3v) is 6.35. The predicted octanol–water partition coefficient (Wildman–Crippen LogP) is 5.91. The van der Waals surface area contributed by atoms with Crippen LogP contribution in [0.15, 0.2) is 39.4 Å².